The minimum absolute atomic E-state index is 0.0287. The van der Waals surface area contributed by atoms with Crippen LogP contribution in [0, 0.1) is 11.8 Å². The van der Waals surface area contributed by atoms with E-state index in [1.165, 1.54) is 0 Å². The summed E-state index contributed by atoms with van der Waals surface area (Å²) in [5, 5.41) is 12.0. The van der Waals surface area contributed by atoms with E-state index in [1.54, 1.807) is 24.3 Å². The third-order valence-corrected chi connectivity index (χ3v) is 5.11. The number of nitrogens with zero attached hydrogens (tertiary/aromatic N) is 1. The molecule has 8 nitrogen and oxygen atoms in total. The van der Waals surface area contributed by atoms with Gasteiger partial charge in [0.1, 0.15) is 0 Å². The largest absolute Gasteiger partial charge is 0.481 e. The van der Waals surface area contributed by atoms with Crippen molar-refractivity contribution in [1.29, 1.82) is 0 Å². The molecule has 8 heteroatoms. The molecule has 2 N–H and O–H groups in total. The van der Waals surface area contributed by atoms with Gasteiger partial charge in [0.25, 0.3) is 11.8 Å². The van der Waals surface area contributed by atoms with Crippen LogP contribution in [0.15, 0.2) is 24.3 Å². The van der Waals surface area contributed by atoms with Crippen LogP contribution in [0.25, 0.3) is 0 Å². The molecule has 0 saturated carbocycles. The van der Waals surface area contributed by atoms with E-state index in [-0.39, 0.29) is 31.3 Å². The van der Waals surface area contributed by atoms with E-state index in [9.17, 15) is 24.3 Å². The Morgan fingerprint density at radius 3 is 2.30 bits per heavy atom. The summed E-state index contributed by atoms with van der Waals surface area (Å²) in [4.78, 5) is 49.2. The van der Waals surface area contributed by atoms with Gasteiger partial charge in [-0.15, -0.1) is 0 Å². The highest BCUT2D eigenvalue weighted by Gasteiger charge is 2.35. The van der Waals surface area contributed by atoms with Gasteiger partial charge in [-0.25, -0.2) is 0 Å². The fourth-order valence-electron chi connectivity index (χ4n) is 3.54. The Kier molecular flexibility index (Phi) is 5.85. The van der Waals surface area contributed by atoms with E-state index in [4.69, 9.17) is 4.74 Å². The first-order valence-corrected chi connectivity index (χ1v) is 9.01. The fourth-order valence-corrected chi connectivity index (χ4v) is 3.54. The van der Waals surface area contributed by atoms with Gasteiger partial charge in [-0.1, -0.05) is 12.1 Å². The molecule has 0 spiro atoms. The summed E-state index contributed by atoms with van der Waals surface area (Å²) in [6.07, 6.45) is 1.25. The Morgan fingerprint density at radius 2 is 1.74 bits per heavy atom. The Labute approximate surface area is 156 Å². The number of aliphatic carboxylic acids is 1. The minimum Gasteiger partial charge on any atom is -0.481 e. The molecular weight excluding hydrogens is 352 g/mol. The van der Waals surface area contributed by atoms with Crippen molar-refractivity contribution in [3.8, 4) is 0 Å². The second kappa shape index (κ2) is 8.30. The Bertz CT molecular complexity index is 721. The number of carboxylic acids is 1. The number of fused-ring (bicyclic) bond motifs is 1. The van der Waals surface area contributed by atoms with E-state index >= 15 is 0 Å². The van der Waals surface area contributed by atoms with Gasteiger partial charge in [0.15, 0.2) is 0 Å². The number of amides is 3. The number of imide groups is 1. The molecule has 3 amide bonds. The first-order chi connectivity index (χ1) is 13.0. The van der Waals surface area contributed by atoms with Crippen molar-refractivity contribution in [1.82, 2.24) is 10.2 Å². The van der Waals surface area contributed by atoms with Crippen molar-refractivity contribution in [3.05, 3.63) is 35.4 Å². The van der Waals surface area contributed by atoms with Gasteiger partial charge >= 0.3 is 5.97 Å². The number of benzene rings is 1. The summed E-state index contributed by atoms with van der Waals surface area (Å²) in [5.41, 5.74) is 0.682. The van der Waals surface area contributed by atoms with E-state index in [1.807, 2.05) is 0 Å². The molecule has 0 aliphatic carbocycles. The zero-order valence-electron chi connectivity index (χ0n) is 14.8. The van der Waals surface area contributed by atoms with Crippen LogP contribution in [0.3, 0.4) is 0 Å². The van der Waals surface area contributed by atoms with Crippen LogP contribution in [-0.2, 0) is 14.3 Å². The van der Waals surface area contributed by atoms with Crippen LogP contribution in [0.4, 0.5) is 0 Å². The number of nitrogens with one attached hydrogen (secondary N) is 1. The lowest BCUT2D eigenvalue weighted by Gasteiger charge is -2.27. The molecule has 144 valence electrons. The van der Waals surface area contributed by atoms with Crippen molar-refractivity contribution in [2.75, 3.05) is 26.3 Å². The molecule has 1 fully saturated rings. The van der Waals surface area contributed by atoms with E-state index < -0.39 is 23.7 Å². The third kappa shape index (κ3) is 4.16. The van der Waals surface area contributed by atoms with Gasteiger partial charge < -0.3 is 15.2 Å². The first kappa shape index (κ1) is 19.0. The number of hydrogen-bond donors (Lipinski definition) is 2. The molecule has 1 unspecified atom stereocenters. The van der Waals surface area contributed by atoms with Crippen LogP contribution in [0.1, 0.15) is 40.0 Å². The maximum absolute atomic E-state index is 12.3. The maximum Gasteiger partial charge on any atom is 0.308 e. The summed E-state index contributed by atoms with van der Waals surface area (Å²) >= 11 is 0. The summed E-state index contributed by atoms with van der Waals surface area (Å²) in [5.74, 6) is -2.85. The molecule has 3 rings (SSSR count). The van der Waals surface area contributed by atoms with Crippen molar-refractivity contribution in [3.63, 3.8) is 0 Å². The van der Waals surface area contributed by atoms with Crippen molar-refractivity contribution >= 4 is 23.7 Å². The molecule has 1 saturated heterocycles. The second-order valence-corrected chi connectivity index (χ2v) is 6.76. The third-order valence-electron chi connectivity index (χ3n) is 5.11. The fraction of sp³-hybridized carbons (Fsp3) is 0.474. The summed E-state index contributed by atoms with van der Waals surface area (Å²) in [7, 11) is 0. The highest BCUT2D eigenvalue weighted by Crippen LogP contribution is 2.24. The smallest absolute Gasteiger partial charge is 0.308 e. The number of rotatable bonds is 7. The lowest BCUT2D eigenvalue weighted by Crippen LogP contribution is -2.40. The molecule has 0 aromatic heterocycles. The molecule has 1 atom stereocenters. The average molecular weight is 374 g/mol. The van der Waals surface area contributed by atoms with Crippen LogP contribution >= 0.6 is 0 Å². The Hall–Kier alpha value is -2.74. The number of carbonyl (C=O) groups is 4. The molecule has 0 radical (unpaired) electrons. The van der Waals surface area contributed by atoms with Crippen molar-refractivity contribution < 1.29 is 29.0 Å². The predicted molar refractivity (Wildman–Crippen MR) is 94.1 cm³/mol. The van der Waals surface area contributed by atoms with Gasteiger partial charge in [-0.05, 0) is 30.9 Å². The minimum atomic E-state index is -0.942. The Morgan fingerprint density at radius 1 is 1.15 bits per heavy atom. The number of ether oxygens (including phenoxy) is 1. The number of carbonyl (C=O) groups excluding carboxylic acids is 3. The van der Waals surface area contributed by atoms with Gasteiger partial charge in [0.05, 0.1) is 17.0 Å². The molecule has 2 aliphatic heterocycles. The van der Waals surface area contributed by atoms with Crippen LogP contribution in [-0.4, -0.2) is 60.0 Å². The highest BCUT2D eigenvalue weighted by atomic mass is 16.5. The standard InChI is InChI=1S/C19H22N2O6/c22-16(20-11-15(19(25)26)12-6-9-27-10-7-12)5-8-21-17(23)13-3-1-2-4-14(13)18(21)24/h1-4,12,15H,5-11H2,(H,20,22)(H,25,26). The first-order valence-electron chi connectivity index (χ1n) is 9.01. The van der Waals surface area contributed by atoms with Crippen molar-refractivity contribution in [2.45, 2.75) is 19.3 Å². The maximum atomic E-state index is 12.3. The molecule has 2 heterocycles. The highest BCUT2D eigenvalue weighted by molar-refractivity contribution is 6.21. The Balaban J connectivity index is 1.50. The quantitative estimate of drug-likeness (QED) is 0.686. The van der Waals surface area contributed by atoms with Crippen LogP contribution in [0.2, 0.25) is 0 Å². The molecule has 27 heavy (non-hydrogen) atoms. The molecule has 1 aromatic carbocycles. The van der Waals surface area contributed by atoms with E-state index in [0.717, 1.165) is 4.90 Å². The van der Waals surface area contributed by atoms with Gasteiger partial charge in [0.2, 0.25) is 5.91 Å². The lowest BCUT2D eigenvalue weighted by molar-refractivity contribution is -0.145. The van der Waals surface area contributed by atoms with E-state index in [0.29, 0.717) is 37.2 Å². The number of hydrogen-bond acceptors (Lipinski definition) is 5. The molecule has 2 aliphatic rings. The summed E-state index contributed by atoms with van der Waals surface area (Å²) in [6, 6.07) is 6.53. The molecule has 1 aromatic rings. The normalized spacial score (nSPS) is 18.3. The lowest BCUT2D eigenvalue weighted by atomic mass is 9.86. The molecule has 0 bridgehead atoms. The number of carboxylic acid groups (broad SMARTS) is 1. The predicted octanol–water partition coefficient (Wildman–Crippen LogP) is 0.916. The van der Waals surface area contributed by atoms with Gasteiger partial charge in [-0.2, -0.15) is 0 Å². The van der Waals surface area contributed by atoms with Crippen LogP contribution < -0.4 is 5.32 Å². The van der Waals surface area contributed by atoms with Gasteiger partial charge in [0, 0.05) is 32.7 Å². The van der Waals surface area contributed by atoms with E-state index in [2.05, 4.69) is 5.32 Å². The van der Waals surface area contributed by atoms with Crippen LogP contribution in [0.5, 0.6) is 0 Å². The monoisotopic (exact) mass is 374 g/mol. The second-order valence-electron chi connectivity index (χ2n) is 6.76. The SMILES string of the molecule is O=C(CCN1C(=O)c2ccccc2C1=O)NCC(C(=O)O)C1CCOCC1. The molecular formula is C19H22N2O6. The zero-order chi connectivity index (χ0) is 19.4. The van der Waals surface area contributed by atoms with Gasteiger partial charge in [-0.3, -0.25) is 24.1 Å². The zero-order valence-corrected chi connectivity index (χ0v) is 14.8. The summed E-state index contributed by atoms with van der Waals surface area (Å²) < 4.78 is 5.25. The average Bonchev–Trinajstić information content (AvgIpc) is 2.91. The van der Waals surface area contributed by atoms with Crippen molar-refractivity contribution in [2.24, 2.45) is 11.8 Å². The summed E-state index contributed by atoms with van der Waals surface area (Å²) in [6.45, 7) is 1.05. The topological polar surface area (TPSA) is 113 Å².